The van der Waals surface area contributed by atoms with Crippen LogP contribution >= 0.6 is 34.8 Å². The summed E-state index contributed by atoms with van der Waals surface area (Å²) in [7, 11) is -3.42. The van der Waals surface area contributed by atoms with Gasteiger partial charge in [-0.2, -0.15) is 0 Å². The second kappa shape index (κ2) is 2.29. The van der Waals surface area contributed by atoms with Crippen LogP contribution in [-0.2, 0) is 9.84 Å². The number of sulfone groups is 1. The highest BCUT2D eigenvalue weighted by molar-refractivity contribution is 7.93. The van der Waals surface area contributed by atoms with E-state index in [1.165, 1.54) is 6.07 Å². The lowest BCUT2D eigenvalue weighted by Crippen LogP contribution is -2.16. The highest BCUT2D eigenvalue weighted by Crippen LogP contribution is 2.50. The van der Waals surface area contributed by atoms with Gasteiger partial charge >= 0.3 is 0 Å². The van der Waals surface area contributed by atoms with Gasteiger partial charge in [-0.1, -0.05) is 34.8 Å². The van der Waals surface area contributed by atoms with Crippen LogP contribution in [0.4, 0.5) is 0 Å². The van der Waals surface area contributed by atoms with E-state index in [2.05, 4.69) is 0 Å². The number of hydrogen-bond donors (Lipinski definition) is 0. The summed E-state index contributed by atoms with van der Waals surface area (Å²) >= 11 is 16.8. The van der Waals surface area contributed by atoms with Crippen LogP contribution in [0.1, 0.15) is 0 Å². The molecule has 1 aromatic carbocycles. The molecule has 64 valence electrons. The summed E-state index contributed by atoms with van der Waals surface area (Å²) in [6.07, 6.45) is 0. The van der Waals surface area contributed by atoms with Crippen LogP contribution in [0.2, 0.25) is 15.1 Å². The van der Waals surface area contributed by atoms with E-state index >= 15 is 0 Å². The molecule has 0 aromatic heterocycles. The molecular weight excluding hydrogens is 242 g/mol. The van der Waals surface area contributed by atoms with Crippen LogP contribution in [-0.4, -0.2) is 8.42 Å². The van der Waals surface area contributed by atoms with Gasteiger partial charge in [0, 0.05) is 0 Å². The maximum Gasteiger partial charge on any atom is 0.212 e. The van der Waals surface area contributed by atoms with E-state index in [1.54, 1.807) is 0 Å². The van der Waals surface area contributed by atoms with Crippen molar-refractivity contribution in [1.29, 1.82) is 0 Å². The Kier molecular flexibility index (Phi) is 1.65. The van der Waals surface area contributed by atoms with Gasteiger partial charge in [-0.25, -0.2) is 8.42 Å². The van der Waals surface area contributed by atoms with E-state index in [1.807, 2.05) is 0 Å². The van der Waals surface area contributed by atoms with Crippen molar-refractivity contribution in [2.24, 2.45) is 0 Å². The standard InChI is InChI=1S/C6HCl3O2S/c7-2-1-3(8)6-4(9)5(2)12(6,10)11/h1H. The molecule has 0 aliphatic carbocycles. The first-order valence-corrected chi connectivity index (χ1v) is 5.50. The first-order valence-electron chi connectivity index (χ1n) is 2.89. The second-order valence-electron chi connectivity index (χ2n) is 2.32. The molecule has 0 fully saturated rings. The average molecular weight is 243 g/mol. The first kappa shape index (κ1) is 8.63. The molecule has 0 unspecified atom stereocenters. The predicted molar refractivity (Wildman–Crippen MR) is 46.9 cm³/mol. The summed E-state index contributed by atoms with van der Waals surface area (Å²) < 4.78 is 22.5. The minimum Gasteiger partial charge on any atom is -0.218 e. The lowest BCUT2D eigenvalue weighted by atomic mass is 10.3. The molecule has 0 spiro atoms. The zero-order chi connectivity index (χ0) is 9.09. The zero-order valence-corrected chi connectivity index (χ0v) is 8.52. The van der Waals surface area contributed by atoms with Gasteiger partial charge in [0.1, 0.15) is 9.79 Å². The molecule has 2 nitrogen and oxygen atoms in total. The maximum absolute atomic E-state index is 11.3. The van der Waals surface area contributed by atoms with Crippen molar-refractivity contribution in [1.82, 2.24) is 0 Å². The average Bonchev–Trinajstić information content (AvgIpc) is 1.81. The van der Waals surface area contributed by atoms with Crippen LogP contribution in [0.3, 0.4) is 0 Å². The van der Waals surface area contributed by atoms with Gasteiger partial charge in [-0.05, 0) is 6.07 Å². The van der Waals surface area contributed by atoms with Crippen LogP contribution < -0.4 is 0 Å². The van der Waals surface area contributed by atoms with Gasteiger partial charge in [0.2, 0.25) is 9.84 Å². The fourth-order valence-corrected chi connectivity index (χ4v) is 4.44. The third-order valence-corrected chi connectivity index (χ3v) is 4.97. The lowest BCUT2D eigenvalue weighted by Gasteiger charge is -2.21. The minimum absolute atomic E-state index is 0.00904. The van der Waals surface area contributed by atoms with E-state index in [0.717, 1.165) is 0 Å². The summed E-state index contributed by atoms with van der Waals surface area (Å²) in [5.74, 6) is 0. The SMILES string of the molecule is O=S1(=O)c2c(Cl)cc(Cl)c1c2Cl. The smallest absolute Gasteiger partial charge is 0.212 e. The highest BCUT2D eigenvalue weighted by Gasteiger charge is 2.40. The molecule has 0 saturated carbocycles. The highest BCUT2D eigenvalue weighted by atomic mass is 35.5. The van der Waals surface area contributed by atoms with E-state index in [0.29, 0.717) is 0 Å². The number of halogens is 3. The Balaban J connectivity index is 2.99. The molecule has 6 heteroatoms. The van der Waals surface area contributed by atoms with Crippen LogP contribution in [0.5, 0.6) is 0 Å². The van der Waals surface area contributed by atoms with E-state index in [4.69, 9.17) is 34.8 Å². The van der Waals surface area contributed by atoms with Crippen LogP contribution in [0.25, 0.3) is 0 Å². The van der Waals surface area contributed by atoms with E-state index < -0.39 is 9.84 Å². The Bertz CT molecular complexity index is 430. The molecule has 0 radical (unpaired) electrons. The molecule has 0 amide bonds. The Hall–Kier alpha value is 0.0400. The Labute approximate surface area is 84.0 Å². The quantitative estimate of drug-likeness (QED) is 0.713. The molecule has 12 heavy (non-hydrogen) atoms. The van der Waals surface area contributed by atoms with Crippen molar-refractivity contribution < 1.29 is 8.42 Å². The monoisotopic (exact) mass is 242 g/mol. The number of hydrogen-bond acceptors (Lipinski definition) is 2. The molecule has 3 rings (SSSR count). The van der Waals surface area contributed by atoms with Crippen molar-refractivity contribution in [2.45, 2.75) is 9.79 Å². The van der Waals surface area contributed by atoms with Gasteiger partial charge in [0.05, 0.1) is 15.1 Å². The number of fused-ring (bicyclic) bond motifs is 2. The molecule has 2 aliphatic rings. The van der Waals surface area contributed by atoms with Crippen molar-refractivity contribution in [2.75, 3.05) is 0 Å². The molecule has 2 heterocycles. The predicted octanol–water partition coefficient (Wildman–Crippen LogP) is 2.79. The normalized spacial score (nSPS) is 17.2. The summed E-state index contributed by atoms with van der Waals surface area (Å²) in [5.41, 5.74) is 0. The van der Waals surface area contributed by atoms with E-state index in [9.17, 15) is 8.42 Å². The largest absolute Gasteiger partial charge is 0.218 e. The van der Waals surface area contributed by atoms with Crippen molar-refractivity contribution in [3.05, 3.63) is 21.1 Å². The summed E-state index contributed by atoms with van der Waals surface area (Å²) in [4.78, 5) is -0.0181. The first-order chi connectivity index (χ1) is 5.46. The minimum atomic E-state index is -3.42. The van der Waals surface area contributed by atoms with Crippen molar-refractivity contribution >= 4 is 44.6 Å². The van der Waals surface area contributed by atoms with Crippen molar-refractivity contribution in [3.63, 3.8) is 0 Å². The van der Waals surface area contributed by atoms with Crippen molar-refractivity contribution in [3.8, 4) is 0 Å². The van der Waals surface area contributed by atoms with E-state index in [-0.39, 0.29) is 24.9 Å². The van der Waals surface area contributed by atoms with Crippen LogP contribution in [0, 0.1) is 0 Å². The maximum atomic E-state index is 11.3. The molecule has 0 atom stereocenters. The topological polar surface area (TPSA) is 34.1 Å². The number of benzene rings is 1. The molecule has 0 saturated heterocycles. The molecule has 1 aromatic rings. The van der Waals surface area contributed by atoms with Gasteiger partial charge in [-0.3, -0.25) is 0 Å². The lowest BCUT2D eigenvalue weighted by molar-refractivity contribution is 0.589. The fourth-order valence-electron chi connectivity index (χ4n) is 1.10. The van der Waals surface area contributed by atoms with Crippen LogP contribution in [0.15, 0.2) is 15.9 Å². The molecule has 0 N–H and O–H groups in total. The Morgan fingerprint density at radius 2 is 1.42 bits per heavy atom. The summed E-state index contributed by atoms with van der Waals surface area (Å²) in [5, 5.41) is 0.313. The number of rotatable bonds is 0. The Morgan fingerprint density at radius 3 is 1.67 bits per heavy atom. The fraction of sp³-hybridized carbons (Fsp3) is 0. The Morgan fingerprint density at radius 1 is 1.00 bits per heavy atom. The zero-order valence-electron chi connectivity index (χ0n) is 5.44. The van der Waals surface area contributed by atoms with Gasteiger partial charge in [0.25, 0.3) is 0 Å². The van der Waals surface area contributed by atoms with Gasteiger partial charge in [-0.15, -0.1) is 0 Å². The van der Waals surface area contributed by atoms with Gasteiger partial charge in [0.15, 0.2) is 0 Å². The molecule has 2 aliphatic heterocycles. The third kappa shape index (κ3) is 0.799. The molecule has 2 bridgehead atoms. The molecular formula is C6HCl3O2S. The second-order valence-corrected chi connectivity index (χ2v) is 5.33. The third-order valence-electron chi connectivity index (χ3n) is 1.62. The summed E-state index contributed by atoms with van der Waals surface area (Å²) in [6, 6.07) is 1.38. The van der Waals surface area contributed by atoms with Gasteiger partial charge < -0.3 is 0 Å². The summed E-state index contributed by atoms with van der Waals surface area (Å²) in [6.45, 7) is 0.